The van der Waals surface area contributed by atoms with Gasteiger partial charge in [-0.1, -0.05) is 11.6 Å². The van der Waals surface area contributed by atoms with E-state index in [2.05, 4.69) is 9.97 Å². The van der Waals surface area contributed by atoms with E-state index >= 15 is 0 Å². The van der Waals surface area contributed by atoms with Gasteiger partial charge in [-0.05, 0) is 12.1 Å². The van der Waals surface area contributed by atoms with E-state index in [0.717, 1.165) is 11.4 Å². The summed E-state index contributed by atoms with van der Waals surface area (Å²) in [6, 6.07) is 3.60. The van der Waals surface area contributed by atoms with Crippen molar-refractivity contribution in [2.24, 2.45) is 0 Å². The lowest BCUT2D eigenvalue weighted by atomic mass is 10.2. The molecular formula is C11H11ClN2O2. The first-order valence-corrected chi connectivity index (χ1v) is 5.05. The lowest BCUT2D eigenvalue weighted by molar-refractivity contribution is 0.355. The number of nitrogens with zero attached hydrogens (tertiary/aromatic N) is 1. The van der Waals surface area contributed by atoms with Gasteiger partial charge in [0.15, 0.2) is 11.5 Å². The molecule has 0 spiro atoms. The van der Waals surface area contributed by atoms with Crippen LogP contribution in [0.4, 0.5) is 0 Å². The van der Waals surface area contributed by atoms with Gasteiger partial charge < -0.3 is 14.5 Å². The zero-order chi connectivity index (χ0) is 11.5. The van der Waals surface area contributed by atoms with Crippen molar-refractivity contribution in [3.8, 4) is 22.9 Å². The number of benzene rings is 1. The van der Waals surface area contributed by atoms with Crippen molar-refractivity contribution in [1.82, 2.24) is 9.97 Å². The van der Waals surface area contributed by atoms with E-state index in [9.17, 15) is 0 Å². The number of halogens is 1. The molecule has 0 aliphatic carbocycles. The summed E-state index contributed by atoms with van der Waals surface area (Å²) in [5.74, 6) is 1.85. The van der Waals surface area contributed by atoms with Crippen molar-refractivity contribution < 1.29 is 9.47 Å². The molecule has 84 valence electrons. The Bertz CT molecular complexity index is 483. The van der Waals surface area contributed by atoms with E-state index < -0.39 is 0 Å². The van der Waals surface area contributed by atoms with Crippen molar-refractivity contribution in [2.45, 2.75) is 0 Å². The molecular weight excluding hydrogens is 228 g/mol. The number of aromatic nitrogens is 2. The third kappa shape index (κ3) is 1.84. The Balaban J connectivity index is 2.54. The molecule has 0 amide bonds. The molecule has 0 bridgehead atoms. The van der Waals surface area contributed by atoms with Crippen LogP contribution in [0.1, 0.15) is 0 Å². The molecule has 2 aromatic rings. The van der Waals surface area contributed by atoms with Crippen molar-refractivity contribution >= 4 is 11.6 Å². The second-order valence-corrected chi connectivity index (χ2v) is 3.54. The van der Waals surface area contributed by atoms with Crippen LogP contribution in [0.5, 0.6) is 11.5 Å². The zero-order valence-corrected chi connectivity index (χ0v) is 9.71. The highest BCUT2D eigenvalue weighted by molar-refractivity contribution is 6.32. The third-order valence-electron chi connectivity index (χ3n) is 2.21. The van der Waals surface area contributed by atoms with Crippen LogP contribution in [0.2, 0.25) is 5.02 Å². The Morgan fingerprint density at radius 2 is 2.06 bits per heavy atom. The molecule has 1 aromatic heterocycles. The molecule has 1 heterocycles. The van der Waals surface area contributed by atoms with Gasteiger partial charge in [-0.25, -0.2) is 4.98 Å². The van der Waals surface area contributed by atoms with Crippen LogP contribution in [0.3, 0.4) is 0 Å². The number of hydrogen-bond donors (Lipinski definition) is 1. The highest BCUT2D eigenvalue weighted by Crippen LogP contribution is 2.38. The molecule has 16 heavy (non-hydrogen) atoms. The van der Waals surface area contributed by atoms with Crippen molar-refractivity contribution in [3.05, 3.63) is 29.5 Å². The molecule has 1 N–H and O–H groups in total. The van der Waals surface area contributed by atoms with E-state index in [0.29, 0.717) is 16.5 Å². The van der Waals surface area contributed by atoms with Crippen LogP contribution in [0, 0.1) is 0 Å². The van der Waals surface area contributed by atoms with E-state index in [-0.39, 0.29) is 0 Å². The molecule has 0 atom stereocenters. The SMILES string of the molecule is COc1cc(-c2ncc[nH]2)cc(Cl)c1OC. The maximum absolute atomic E-state index is 6.08. The summed E-state index contributed by atoms with van der Waals surface area (Å²) in [7, 11) is 3.12. The normalized spacial score (nSPS) is 10.2. The van der Waals surface area contributed by atoms with Crippen molar-refractivity contribution in [3.63, 3.8) is 0 Å². The molecule has 0 aliphatic heterocycles. The van der Waals surface area contributed by atoms with Crippen LogP contribution in [-0.4, -0.2) is 24.2 Å². The molecule has 0 saturated carbocycles. The maximum Gasteiger partial charge on any atom is 0.179 e. The van der Waals surface area contributed by atoms with Gasteiger partial charge in [-0.2, -0.15) is 0 Å². The minimum Gasteiger partial charge on any atom is -0.493 e. The van der Waals surface area contributed by atoms with E-state index in [1.807, 2.05) is 6.07 Å². The standard InChI is InChI=1S/C11H11ClN2O2/c1-15-9-6-7(11-13-3-4-14-11)5-8(12)10(9)16-2/h3-6H,1-2H3,(H,13,14). The molecule has 5 heteroatoms. The van der Waals surface area contributed by atoms with Gasteiger partial charge in [0, 0.05) is 18.0 Å². The lowest BCUT2D eigenvalue weighted by Crippen LogP contribution is -1.92. The van der Waals surface area contributed by atoms with Gasteiger partial charge >= 0.3 is 0 Å². The Kier molecular flexibility index (Phi) is 3.01. The molecule has 2 rings (SSSR count). The highest BCUT2D eigenvalue weighted by Gasteiger charge is 2.12. The largest absolute Gasteiger partial charge is 0.493 e. The number of rotatable bonds is 3. The fraction of sp³-hybridized carbons (Fsp3) is 0.182. The monoisotopic (exact) mass is 238 g/mol. The van der Waals surface area contributed by atoms with Gasteiger partial charge in [-0.15, -0.1) is 0 Å². The average molecular weight is 239 g/mol. The van der Waals surface area contributed by atoms with Crippen LogP contribution in [0.25, 0.3) is 11.4 Å². The van der Waals surface area contributed by atoms with Gasteiger partial charge in [0.25, 0.3) is 0 Å². The zero-order valence-electron chi connectivity index (χ0n) is 8.95. The first-order valence-electron chi connectivity index (χ1n) is 4.67. The summed E-state index contributed by atoms with van der Waals surface area (Å²) in [6.07, 6.45) is 3.43. The van der Waals surface area contributed by atoms with Crippen LogP contribution >= 0.6 is 11.6 Å². The molecule has 0 saturated heterocycles. The first-order chi connectivity index (χ1) is 7.76. The molecule has 0 fully saturated rings. The second-order valence-electron chi connectivity index (χ2n) is 3.13. The number of nitrogens with one attached hydrogen (secondary N) is 1. The quantitative estimate of drug-likeness (QED) is 0.895. The van der Waals surface area contributed by atoms with Crippen LogP contribution in [-0.2, 0) is 0 Å². The second kappa shape index (κ2) is 4.45. The van der Waals surface area contributed by atoms with Gasteiger partial charge in [0.05, 0.1) is 19.2 Å². The van der Waals surface area contributed by atoms with Gasteiger partial charge in [0.1, 0.15) is 5.82 Å². The lowest BCUT2D eigenvalue weighted by Gasteiger charge is -2.10. The predicted molar refractivity (Wildman–Crippen MR) is 62.1 cm³/mol. The number of imidazole rings is 1. The first kappa shape index (κ1) is 10.8. The summed E-state index contributed by atoms with van der Waals surface area (Å²) >= 11 is 6.08. The van der Waals surface area contributed by atoms with E-state index in [1.54, 1.807) is 32.7 Å². The average Bonchev–Trinajstić information content (AvgIpc) is 2.81. The summed E-state index contributed by atoms with van der Waals surface area (Å²) in [6.45, 7) is 0. The molecule has 0 unspecified atom stereocenters. The number of ether oxygens (including phenoxy) is 2. The third-order valence-corrected chi connectivity index (χ3v) is 2.49. The summed E-state index contributed by atoms with van der Waals surface area (Å²) in [5.41, 5.74) is 0.854. The minimum absolute atomic E-state index is 0.494. The van der Waals surface area contributed by atoms with E-state index in [4.69, 9.17) is 21.1 Å². The Morgan fingerprint density at radius 1 is 1.25 bits per heavy atom. The number of hydrogen-bond acceptors (Lipinski definition) is 3. The fourth-order valence-electron chi connectivity index (χ4n) is 1.48. The maximum atomic E-state index is 6.08. The Hall–Kier alpha value is -1.68. The molecule has 1 aromatic carbocycles. The van der Waals surface area contributed by atoms with Crippen molar-refractivity contribution in [1.29, 1.82) is 0 Å². The van der Waals surface area contributed by atoms with Crippen molar-refractivity contribution in [2.75, 3.05) is 14.2 Å². The molecule has 0 aliphatic rings. The topological polar surface area (TPSA) is 47.1 Å². The predicted octanol–water partition coefficient (Wildman–Crippen LogP) is 2.75. The molecule has 0 radical (unpaired) electrons. The van der Waals surface area contributed by atoms with Gasteiger partial charge in [0.2, 0.25) is 0 Å². The highest BCUT2D eigenvalue weighted by atomic mass is 35.5. The Morgan fingerprint density at radius 3 is 2.62 bits per heavy atom. The number of H-pyrrole nitrogens is 1. The Labute approximate surface area is 98.2 Å². The van der Waals surface area contributed by atoms with Crippen LogP contribution in [0.15, 0.2) is 24.5 Å². The summed E-state index contributed by atoms with van der Waals surface area (Å²) < 4.78 is 10.4. The van der Waals surface area contributed by atoms with Crippen LogP contribution < -0.4 is 9.47 Å². The number of aromatic amines is 1. The summed E-state index contributed by atoms with van der Waals surface area (Å²) in [4.78, 5) is 7.15. The number of methoxy groups -OCH3 is 2. The van der Waals surface area contributed by atoms with E-state index in [1.165, 1.54) is 0 Å². The fourth-order valence-corrected chi connectivity index (χ4v) is 1.77. The van der Waals surface area contributed by atoms with Gasteiger partial charge in [-0.3, -0.25) is 0 Å². The smallest absolute Gasteiger partial charge is 0.179 e. The summed E-state index contributed by atoms with van der Waals surface area (Å²) in [5, 5.41) is 0.494. The molecule has 4 nitrogen and oxygen atoms in total. The minimum atomic E-state index is 0.494.